The molecule has 0 aromatic carbocycles. The Morgan fingerprint density at radius 2 is 1.44 bits per heavy atom. The molecule has 100 valence electrons. The van der Waals surface area contributed by atoms with Gasteiger partial charge in [0.2, 0.25) is 0 Å². The molecular weight excluding hydrogens is 233 g/mol. The van der Waals surface area contributed by atoms with Gasteiger partial charge in [0.25, 0.3) is 0 Å². The minimum atomic E-state index is -2.14. The minimum Gasteiger partial charge on any atom is -0.395 e. The quantitative estimate of drug-likeness (QED) is 0.611. The van der Waals surface area contributed by atoms with Crippen LogP contribution in [0.25, 0.3) is 0 Å². The highest BCUT2D eigenvalue weighted by atomic mass is 31.1. The smallest absolute Gasteiger partial charge is 0.319 e. The maximum Gasteiger partial charge on any atom is 0.319 e. The van der Waals surface area contributed by atoms with Crippen LogP contribution in [0.3, 0.4) is 0 Å². The molecule has 0 radical (unpaired) electrons. The third kappa shape index (κ3) is 16.5. The van der Waals surface area contributed by atoms with Crippen LogP contribution in [0.15, 0.2) is 0 Å². The first-order chi connectivity index (χ1) is 7.62. The van der Waals surface area contributed by atoms with E-state index in [1.54, 1.807) is 13.8 Å². The summed E-state index contributed by atoms with van der Waals surface area (Å²) in [5.41, 5.74) is 0. The Labute approximate surface area is 98.1 Å². The van der Waals surface area contributed by atoms with E-state index in [1.807, 2.05) is 11.9 Å². The van der Waals surface area contributed by atoms with Crippen molar-refractivity contribution in [2.75, 3.05) is 46.6 Å². The second-order valence-corrected chi connectivity index (χ2v) is 3.94. The van der Waals surface area contributed by atoms with Crippen molar-refractivity contribution < 1.29 is 23.8 Å². The van der Waals surface area contributed by atoms with Crippen molar-refractivity contribution in [1.82, 2.24) is 4.90 Å². The lowest BCUT2D eigenvalue weighted by molar-refractivity contribution is 0.184. The van der Waals surface area contributed by atoms with Gasteiger partial charge in [-0.3, -0.25) is 4.57 Å². The summed E-state index contributed by atoms with van der Waals surface area (Å²) in [7, 11) is -0.288. The van der Waals surface area contributed by atoms with Crippen LogP contribution in [-0.4, -0.2) is 61.7 Å². The van der Waals surface area contributed by atoms with E-state index in [4.69, 9.17) is 10.2 Å². The number of hydrogen-bond donors (Lipinski definition) is 2. The van der Waals surface area contributed by atoms with E-state index in [2.05, 4.69) is 9.05 Å². The third-order valence-corrected chi connectivity index (χ3v) is 2.54. The van der Waals surface area contributed by atoms with Crippen LogP contribution in [-0.2, 0) is 13.6 Å². The summed E-state index contributed by atoms with van der Waals surface area (Å²) in [5.74, 6) is 0. The maximum absolute atomic E-state index is 10.4. The number of aliphatic hydroxyl groups excluding tert-OH is 2. The summed E-state index contributed by atoms with van der Waals surface area (Å²) in [5, 5.41) is 16.7. The van der Waals surface area contributed by atoms with Crippen LogP contribution in [0.2, 0.25) is 0 Å². The molecule has 0 aliphatic rings. The molecule has 0 saturated carbocycles. The molecule has 0 rings (SSSR count). The summed E-state index contributed by atoms with van der Waals surface area (Å²) in [6.07, 6.45) is 0. The molecule has 0 atom stereocenters. The van der Waals surface area contributed by atoms with Crippen molar-refractivity contribution in [3.63, 3.8) is 0 Å². The topological polar surface area (TPSA) is 79.2 Å². The number of likely N-dealkylation sites (N-methyl/N-ethyl adjacent to an activating group) is 1. The molecule has 0 heterocycles. The van der Waals surface area contributed by atoms with E-state index < -0.39 is 8.25 Å². The van der Waals surface area contributed by atoms with E-state index >= 15 is 0 Å². The molecule has 0 spiro atoms. The fraction of sp³-hybridized carbons (Fsp3) is 1.00. The molecule has 0 bridgehead atoms. The van der Waals surface area contributed by atoms with Gasteiger partial charge in [0.15, 0.2) is 0 Å². The van der Waals surface area contributed by atoms with Gasteiger partial charge < -0.3 is 24.2 Å². The molecule has 16 heavy (non-hydrogen) atoms. The van der Waals surface area contributed by atoms with Crippen molar-refractivity contribution in [3.05, 3.63) is 0 Å². The monoisotopic (exact) mass is 257 g/mol. The van der Waals surface area contributed by atoms with Gasteiger partial charge in [-0.25, -0.2) is 0 Å². The zero-order chi connectivity index (χ0) is 12.8. The van der Waals surface area contributed by atoms with Gasteiger partial charge in [-0.1, -0.05) is 0 Å². The highest BCUT2D eigenvalue weighted by Crippen LogP contribution is 2.21. The Morgan fingerprint density at radius 3 is 1.69 bits per heavy atom. The molecular formula is C9H24NO5P. The zero-order valence-electron chi connectivity index (χ0n) is 10.3. The molecule has 0 aliphatic heterocycles. The lowest BCUT2D eigenvalue weighted by Crippen LogP contribution is -2.25. The molecule has 0 amide bonds. The number of hydrogen-bond acceptors (Lipinski definition) is 6. The molecule has 0 aromatic rings. The molecule has 2 N–H and O–H groups in total. The van der Waals surface area contributed by atoms with Crippen molar-refractivity contribution in [1.29, 1.82) is 0 Å². The molecule has 6 nitrogen and oxygen atoms in total. The number of nitrogens with zero attached hydrogens (tertiary/aromatic N) is 1. The molecule has 0 unspecified atom stereocenters. The number of aliphatic hydroxyl groups is 2. The summed E-state index contributed by atoms with van der Waals surface area (Å²) < 4.78 is 19.6. The van der Waals surface area contributed by atoms with Gasteiger partial charge in [0.05, 0.1) is 26.4 Å². The predicted octanol–water partition coefficient (Wildman–Crippen LogP) is 0.352. The second kappa shape index (κ2) is 15.0. The van der Waals surface area contributed by atoms with Crippen LogP contribution in [0.5, 0.6) is 0 Å². The Hall–Kier alpha value is 0.0300. The SMILES string of the molecule is CCO[PH](=O)OCC.CN(CCO)CCO. The van der Waals surface area contributed by atoms with Gasteiger partial charge in [0.1, 0.15) is 0 Å². The maximum atomic E-state index is 10.4. The van der Waals surface area contributed by atoms with E-state index in [9.17, 15) is 4.57 Å². The van der Waals surface area contributed by atoms with Crippen LogP contribution in [0.4, 0.5) is 0 Å². The Balaban J connectivity index is 0. The average Bonchev–Trinajstić information content (AvgIpc) is 2.20. The van der Waals surface area contributed by atoms with Gasteiger partial charge in [-0.2, -0.15) is 0 Å². The Bertz CT molecular complexity index is 145. The van der Waals surface area contributed by atoms with Gasteiger partial charge in [0, 0.05) is 13.1 Å². The van der Waals surface area contributed by atoms with Crippen LogP contribution in [0, 0.1) is 0 Å². The van der Waals surface area contributed by atoms with E-state index in [-0.39, 0.29) is 13.2 Å². The third-order valence-electron chi connectivity index (χ3n) is 1.49. The molecule has 0 saturated heterocycles. The molecule has 7 heteroatoms. The largest absolute Gasteiger partial charge is 0.395 e. The van der Waals surface area contributed by atoms with Gasteiger partial charge in [-0.15, -0.1) is 0 Å². The highest BCUT2D eigenvalue weighted by molar-refractivity contribution is 7.33. The first kappa shape index (κ1) is 18.4. The fourth-order valence-electron chi connectivity index (χ4n) is 0.731. The lowest BCUT2D eigenvalue weighted by atomic mass is 10.5. The van der Waals surface area contributed by atoms with E-state index in [0.29, 0.717) is 26.3 Å². The highest BCUT2D eigenvalue weighted by Gasteiger charge is 1.92. The summed E-state index contributed by atoms with van der Waals surface area (Å²) in [6.45, 7) is 6.08. The lowest BCUT2D eigenvalue weighted by Gasteiger charge is -2.11. The normalized spacial score (nSPS) is 10.4. The van der Waals surface area contributed by atoms with E-state index in [1.165, 1.54) is 0 Å². The fourth-order valence-corrected chi connectivity index (χ4v) is 1.29. The standard InChI is InChI=1S/C5H13NO2.C4H11O3P/c1-6(2-4-7)3-5-8;1-3-6-8(5)7-4-2/h7-8H,2-5H2,1H3;8H,3-4H2,1-2H3. The Morgan fingerprint density at radius 1 is 1.06 bits per heavy atom. The van der Waals surface area contributed by atoms with Crippen molar-refractivity contribution in [3.8, 4) is 0 Å². The molecule has 0 fully saturated rings. The van der Waals surface area contributed by atoms with Crippen molar-refractivity contribution >= 4 is 8.25 Å². The summed E-state index contributed by atoms with van der Waals surface area (Å²) in [6, 6.07) is 0. The summed E-state index contributed by atoms with van der Waals surface area (Å²) in [4.78, 5) is 1.86. The van der Waals surface area contributed by atoms with Crippen LogP contribution >= 0.6 is 8.25 Å². The first-order valence-electron chi connectivity index (χ1n) is 5.32. The first-order valence-corrected chi connectivity index (χ1v) is 6.54. The molecule has 0 aromatic heterocycles. The average molecular weight is 257 g/mol. The zero-order valence-corrected chi connectivity index (χ0v) is 11.3. The van der Waals surface area contributed by atoms with Crippen molar-refractivity contribution in [2.24, 2.45) is 0 Å². The molecule has 0 aliphatic carbocycles. The van der Waals surface area contributed by atoms with Gasteiger partial charge in [-0.05, 0) is 20.9 Å². The van der Waals surface area contributed by atoms with Crippen LogP contribution < -0.4 is 0 Å². The van der Waals surface area contributed by atoms with Gasteiger partial charge >= 0.3 is 8.25 Å². The van der Waals surface area contributed by atoms with Crippen LogP contribution in [0.1, 0.15) is 13.8 Å². The van der Waals surface area contributed by atoms with Crippen molar-refractivity contribution in [2.45, 2.75) is 13.8 Å². The minimum absolute atomic E-state index is 0.163. The number of rotatable bonds is 8. The predicted molar refractivity (Wildman–Crippen MR) is 63.9 cm³/mol. The summed E-state index contributed by atoms with van der Waals surface area (Å²) >= 11 is 0. The second-order valence-electron chi connectivity index (χ2n) is 2.87. The Kier molecular flexibility index (Phi) is 17.3. The van der Waals surface area contributed by atoms with E-state index in [0.717, 1.165) is 0 Å².